The van der Waals surface area contributed by atoms with Crippen LogP contribution in [0.2, 0.25) is 0 Å². The van der Waals surface area contributed by atoms with Crippen LogP contribution in [-0.2, 0) is 24.0 Å². The number of nitrogens with zero attached hydrogens (tertiary/aromatic N) is 5. The Labute approximate surface area is 433 Å². The summed E-state index contributed by atoms with van der Waals surface area (Å²) in [4.78, 5) is 102. The van der Waals surface area contributed by atoms with Gasteiger partial charge in [0.15, 0.2) is 17.3 Å². The number of carbonyl (C=O) groups excluding carboxylic acids is 7. The van der Waals surface area contributed by atoms with Gasteiger partial charge >= 0.3 is 0 Å². The van der Waals surface area contributed by atoms with Gasteiger partial charge < -0.3 is 39.4 Å². The molecule has 0 fully saturated rings. The van der Waals surface area contributed by atoms with Gasteiger partial charge in [-0.1, -0.05) is 30.7 Å². The van der Waals surface area contributed by atoms with Gasteiger partial charge in [-0.2, -0.15) is 0 Å². The third kappa shape index (κ3) is 11.9. The quantitative estimate of drug-likeness (QED) is 0.0575. The number of unbranched alkanes of at least 4 members (excludes halogenated alkanes) is 2. The van der Waals surface area contributed by atoms with Crippen molar-refractivity contribution in [3.05, 3.63) is 125 Å². The van der Waals surface area contributed by atoms with Gasteiger partial charge in [0.2, 0.25) is 11.8 Å². The molecule has 0 unspecified atom stereocenters. The normalized spacial score (nSPS) is 17.1. The minimum Gasteiger partial charge on any atom is -0.497 e. The molecular weight excluding hydrogens is 959 g/mol. The van der Waals surface area contributed by atoms with Crippen molar-refractivity contribution in [2.24, 2.45) is 9.98 Å². The Balaban J connectivity index is 0.711. The number of hydrogen-bond donors (Lipinski definition) is 2. The fraction of sp³-hybridized carbons (Fsp3) is 0.316. The Kier molecular flexibility index (Phi) is 15.7. The number of hydrogen-bond acceptors (Lipinski definition) is 13. The highest BCUT2D eigenvalue weighted by atomic mass is 16.5. The summed E-state index contributed by atoms with van der Waals surface area (Å²) in [6.07, 6.45) is 13.4. The van der Waals surface area contributed by atoms with Crippen LogP contribution in [0.25, 0.3) is 11.1 Å². The average Bonchev–Trinajstić information content (AvgIpc) is 4.10. The van der Waals surface area contributed by atoms with Gasteiger partial charge in [-0.15, -0.1) is 0 Å². The highest BCUT2D eigenvalue weighted by Gasteiger charge is 2.35. The highest BCUT2D eigenvalue weighted by Crippen LogP contribution is 2.41. The summed E-state index contributed by atoms with van der Waals surface area (Å²) in [6.45, 7) is 2.65. The molecule has 4 aromatic rings. The first-order valence-electron chi connectivity index (χ1n) is 25.0. The van der Waals surface area contributed by atoms with Crippen molar-refractivity contribution in [3.63, 3.8) is 0 Å². The SMILES string of the molecule is COc1ccc(C2=CN3C(=O)c4cc(C)c(OCCCOc5cc6c(cc5OC)C(=O)N5C=C(c7ccc(NC(=O)CCC(=O)CNC(=O)CCCCCN8C(=O)C=CC8=O)cc7)C[C@H]5C=N6)cc4N=C[C@@H]3C2)cc1. The third-order valence-corrected chi connectivity index (χ3v) is 13.5. The zero-order valence-corrected chi connectivity index (χ0v) is 42.0. The van der Waals surface area contributed by atoms with E-state index in [1.807, 2.05) is 74.1 Å². The molecule has 6 amide bonds. The predicted octanol–water partition coefficient (Wildman–Crippen LogP) is 7.69. The van der Waals surface area contributed by atoms with E-state index >= 15 is 0 Å². The molecule has 5 aliphatic rings. The van der Waals surface area contributed by atoms with Crippen LogP contribution in [0.15, 0.2) is 107 Å². The number of imide groups is 1. The molecule has 0 bridgehead atoms. The lowest BCUT2D eigenvalue weighted by molar-refractivity contribution is -0.137. The van der Waals surface area contributed by atoms with Gasteiger partial charge in [-0.05, 0) is 84.0 Å². The van der Waals surface area contributed by atoms with Gasteiger partial charge in [0.1, 0.15) is 11.5 Å². The van der Waals surface area contributed by atoms with Gasteiger partial charge in [-0.3, -0.25) is 48.4 Å². The van der Waals surface area contributed by atoms with Crippen LogP contribution in [-0.4, -0.2) is 121 Å². The maximum absolute atomic E-state index is 14.0. The lowest BCUT2D eigenvalue weighted by atomic mass is 10.0. The fourth-order valence-electron chi connectivity index (χ4n) is 9.38. The number of rotatable bonds is 22. The maximum Gasteiger partial charge on any atom is 0.260 e. The number of aryl methyl sites for hydroxylation is 1. The van der Waals surface area contributed by atoms with Crippen LogP contribution < -0.4 is 29.6 Å². The molecule has 4 aromatic carbocycles. The van der Waals surface area contributed by atoms with Crippen LogP contribution in [0.1, 0.15) is 95.2 Å². The minimum absolute atomic E-state index is 0.0399. The number of anilines is 1. The Bertz CT molecular complexity index is 3070. The van der Waals surface area contributed by atoms with E-state index in [-0.39, 0.29) is 85.7 Å². The monoisotopic (exact) mass is 1020 g/mol. The van der Waals surface area contributed by atoms with E-state index in [2.05, 4.69) is 10.6 Å². The van der Waals surface area contributed by atoms with E-state index in [1.165, 1.54) is 19.3 Å². The number of methoxy groups -OCH3 is 2. The molecule has 2 N–H and O–H groups in total. The summed E-state index contributed by atoms with van der Waals surface area (Å²) >= 11 is 0. The molecule has 0 aromatic heterocycles. The number of carbonyl (C=O) groups is 7. The van der Waals surface area contributed by atoms with Crippen LogP contribution >= 0.6 is 0 Å². The number of fused-ring (bicyclic) bond motifs is 4. The van der Waals surface area contributed by atoms with Crippen molar-refractivity contribution in [1.29, 1.82) is 0 Å². The summed E-state index contributed by atoms with van der Waals surface area (Å²) in [7, 11) is 3.15. The largest absolute Gasteiger partial charge is 0.497 e. The summed E-state index contributed by atoms with van der Waals surface area (Å²) in [5.74, 6) is 0.312. The van der Waals surface area contributed by atoms with Gasteiger partial charge in [0, 0.05) is 99.9 Å². The number of benzene rings is 4. The molecule has 0 saturated carbocycles. The zero-order chi connectivity index (χ0) is 52.6. The Morgan fingerprint density at radius 3 is 1.83 bits per heavy atom. The van der Waals surface area contributed by atoms with Gasteiger partial charge in [-0.25, -0.2) is 0 Å². The molecule has 0 aliphatic carbocycles. The van der Waals surface area contributed by atoms with Crippen molar-refractivity contribution >= 4 is 81.9 Å². The lowest BCUT2D eigenvalue weighted by Crippen LogP contribution is -2.32. The van der Waals surface area contributed by atoms with E-state index in [9.17, 15) is 33.6 Å². The molecule has 18 heteroatoms. The van der Waals surface area contributed by atoms with E-state index in [0.29, 0.717) is 97.1 Å². The predicted molar refractivity (Wildman–Crippen MR) is 281 cm³/mol. The second-order valence-corrected chi connectivity index (χ2v) is 18.7. The van der Waals surface area contributed by atoms with Gasteiger partial charge in [0.05, 0.1) is 68.6 Å². The first-order chi connectivity index (χ1) is 36.3. The second kappa shape index (κ2) is 23.0. The van der Waals surface area contributed by atoms with Crippen molar-refractivity contribution < 1.29 is 52.5 Å². The Morgan fingerprint density at radius 1 is 0.627 bits per heavy atom. The maximum atomic E-state index is 14.0. The van der Waals surface area contributed by atoms with Crippen LogP contribution in [0.5, 0.6) is 23.0 Å². The summed E-state index contributed by atoms with van der Waals surface area (Å²) in [6, 6.07) is 21.5. The molecular formula is C57H57N7O11. The van der Waals surface area contributed by atoms with Crippen molar-refractivity contribution in [2.45, 2.75) is 76.8 Å². The molecule has 75 heavy (non-hydrogen) atoms. The van der Waals surface area contributed by atoms with Crippen molar-refractivity contribution in [2.75, 3.05) is 45.8 Å². The zero-order valence-electron chi connectivity index (χ0n) is 42.0. The highest BCUT2D eigenvalue weighted by molar-refractivity contribution is 6.13. The summed E-state index contributed by atoms with van der Waals surface area (Å²) in [5.41, 5.74) is 7.12. The number of ketones is 1. The number of nitrogens with one attached hydrogen (secondary N) is 2. The van der Waals surface area contributed by atoms with E-state index in [0.717, 1.165) is 38.5 Å². The Morgan fingerprint density at radius 2 is 1.21 bits per heavy atom. The average molecular weight is 1020 g/mol. The van der Waals surface area contributed by atoms with E-state index in [1.54, 1.807) is 47.4 Å². The third-order valence-electron chi connectivity index (χ3n) is 13.5. The number of ether oxygens (including phenoxy) is 4. The molecule has 2 atom stereocenters. The minimum atomic E-state index is -0.345. The molecule has 0 saturated heterocycles. The standard InChI is InChI=1S/C57H57N7O11/c1-35-24-45-47(58-30-41-26-39(34-63(41)56(45)70)37-11-16-44(72-2)17-12-37)28-49(35)74-22-7-23-75-51-29-48-46(27-50(51)73-3)57(71)64-33-38(25-42(64)31-59-48)36-9-13-40(14-10-36)61-53(67)18-15-43(65)32-60-52(66)8-5-4-6-21-62-54(68)19-20-55(62)69/h9-14,16-17,19-20,24,27-31,33-34,41-42H,4-8,15,18,21-23,25-26,32H2,1-3H3,(H,60,66)(H,61,67)/t41-,42-/m0/s1. The number of aliphatic imine (C=N–C) groups is 2. The summed E-state index contributed by atoms with van der Waals surface area (Å²) in [5, 5.41) is 5.40. The van der Waals surface area contributed by atoms with Gasteiger partial charge in [0.25, 0.3) is 23.6 Å². The first kappa shape index (κ1) is 51.2. The lowest BCUT2D eigenvalue weighted by Gasteiger charge is -2.19. The molecule has 5 aliphatic heterocycles. The molecule has 5 heterocycles. The Hall–Kier alpha value is -8.67. The molecule has 0 radical (unpaired) electrons. The number of Topliss-reactive ketones (excluding diaryl/α,β-unsaturated/α-hetero) is 1. The van der Waals surface area contributed by atoms with E-state index in [4.69, 9.17) is 28.9 Å². The smallest absolute Gasteiger partial charge is 0.260 e. The molecule has 9 rings (SSSR count). The van der Waals surface area contributed by atoms with Crippen LogP contribution in [0, 0.1) is 6.92 Å². The van der Waals surface area contributed by atoms with Crippen molar-refractivity contribution in [1.82, 2.24) is 20.0 Å². The molecule has 386 valence electrons. The van der Waals surface area contributed by atoms with Crippen LogP contribution in [0.4, 0.5) is 17.1 Å². The van der Waals surface area contributed by atoms with E-state index < -0.39 is 0 Å². The molecule has 18 nitrogen and oxygen atoms in total. The number of amides is 6. The summed E-state index contributed by atoms with van der Waals surface area (Å²) < 4.78 is 23.3. The van der Waals surface area contributed by atoms with Crippen molar-refractivity contribution in [3.8, 4) is 23.0 Å². The molecule has 0 spiro atoms. The topological polar surface area (TPSA) is 215 Å². The first-order valence-corrected chi connectivity index (χ1v) is 25.0. The second-order valence-electron chi connectivity index (χ2n) is 18.7. The van der Waals surface area contributed by atoms with Crippen LogP contribution in [0.3, 0.4) is 0 Å². The fourth-order valence-corrected chi connectivity index (χ4v) is 9.38.